The fraction of sp³-hybridized carbons (Fsp3) is 0.720. The summed E-state index contributed by atoms with van der Waals surface area (Å²) in [7, 11) is -3.29. The summed E-state index contributed by atoms with van der Waals surface area (Å²) >= 11 is 0. The van der Waals surface area contributed by atoms with Gasteiger partial charge in [-0.1, -0.05) is 30.3 Å². The van der Waals surface area contributed by atoms with Crippen LogP contribution in [0.3, 0.4) is 0 Å². The van der Waals surface area contributed by atoms with E-state index in [9.17, 15) is 13.2 Å². The molecule has 6 nitrogen and oxygen atoms in total. The van der Waals surface area contributed by atoms with Crippen molar-refractivity contribution in [1.82, 2.24) is 14.9 Å². The number of nitrogens with one attached hydrogen (secondary N) is 2. The van der Waals surface area contributed by atoms with Crippen LogP contribution >= 0.6 is 0 Å². The summed E-state index contributed by atoms with van der Waals surface area (Å²) in [6.07, 6.45) is 8.85. The van der Waals surface area contributed by atoms with Crippen molar-refractivity contribution in [2.75, 3.05) is 25.4 Å². The summed E-state index contributed by atoms with van der Waals surface area (Å²) < 4.78 is 27.1. The van der Waals surface area contributed by atoms with Crippen molar-refractivity contribution in [3.63, 3.8) is 0 Å². The van der Waals surface area contributed by atoms with Crippen molar-refractivity contribution in [2.45, 2.75) is 63.5 Å². The molecule has 1 aromatic carbocycles. The molecule has 1 heterocycles. The Morgan fingerprint density at radius 2 is 1.56 bits per heavy atom. The number of benzene rings is 1. The van der Waals surface area contributed by atoms with Crippen LogP contribution in [0.4, 0.5) is 0 Å². The van der Waals surface area contributed by atoms with Crippen molar-refractivity contribution in [1.29, 1.82) is 0 Å². The monoisotopic (exact) mass is 459 g/mol. The van der Waals surface area contributed by atoms with Crippen molar-refractivity contribution >= 4 is 15.9 Å². The largest absolute Gasteiger partial charge is 0.350 e. The molecular weight excluding hydrogens is 422 g/mol. The first kappa shape index (κ1) is 22.4. The Morgan fingerprint density at radius 1 is 0.969 bits per heavy atom. The van der Waals surface area contributed by atoms with Gasteiger partial charge in [-0.15, -0.1) is 0 Å². The molecule has 32 heavy (non-hydrogen) atoms. The zero-order valence-electron chi connectivity index (χ0n) is 19.0. The van der Waals surface area contributed by atoms with Gasteiger partial charge in [0.1, 0.15) is 0 Å². The van der Waals surface area contributed by atoms with Crippen LogP contribution in [0.2, 0.25) is 0 Å². The van der Waals surface area contributed by atoms with E-state index in [1.54, 1.807) is 4.31 Å². The van der Waals surface area contributed by atoms with Crippen molar-refractivity contribution in [3.05, 3.63) is 35.9 Å². The molecule has 1 amide bonds. The highest BCUT2D eigenvalue weighted by atomic mass is 32.2. The molecule has 1 aromatic rings. The molecular formula is C25H37N3O3S. The quantitative estimate of drug-likeness (QED) is 0.586. The number of amides is 1. The van der Waals surface area contributed by atoms with Gasteiger partial charge >= 0.3 is 0 Å². The van der Waals surface area contributed by atoms with E-state index in [1.807, 2.05) is 30.3 Å². The number of sulfonamides is 1. The van der Waals surface area contributed by atoms with Crippen molar-refractivity contribution in [2.24, 2.45) is 23.7 Å². The molecule has 0 aromatic heterocycles. The third kappa shape index (κ3) is 4.90. The summed E-state index contributed by atoms with van der Waals surface area (Å²) in [5.74, 6) is 2.65. The fourth-order valence-corrected chi connectivity index (χ4v) is 8.61. The first-order valence-electron chi connectivity index (χ1n) is 12.5. The SMILES string of the molecule is O=C(NC12CC3CC(CC(C3)C1)C2)C1CCN(S(=O)(=O)CCNCc2ccccc2)CC1. The van der Waals surface area contributed by atoms with Gasteiger partial charge in [0.2, 0.25) is 15.9 Å². The smallest absolute Gasteiger partial charge is 0.223 e. The summed E-state index contributed by atoms with van der Waals surface area (Å²) in [6, 6.07) is 10.00. The first-order valence-corrected chi connectivity index (χ1v) is 14.1. The fourth-order valence-electron chi connectivity index (χ4n) is 7.18. The van der Waals surface area contributed by atoms with Crippen LogP contribution in [0.25, 0.3) is 0 Å². The molecule has 6 rings (SSSR count). The molecule has 4 bridgehead atoms. The minimum Gasteiger partial charge on any atom is -0.350 e. The van der Waals surface area contributed by atoms with E-state index in [4.69, 9.17) is 0 Å². The standard InChI is InChI=1S/C25H37N3O3S/c29-24(27-25-15-20-12-21(16-25)14-22(13-20)17-25)23-6-9-28(10-7-23)32(30,31)11-8-26-18-19-4-2-1-3-5-19/h1-5,20-23,26H,6-18H2,(H,27,29). The van der Waals surface area contributed by atoms with Gasteiger partial charge in [-0.05, 0) is 74.7 Å². The van der Waals surface area contributed by atoms with Crippen LogP contribution < -0.4 is 10.6 Å². The molecule has 2 N–H and O–H groups in total. The maximum atomic E-state index is 13.1. The highest BCUT2D eigenvalue weighted by Crippen LogP contribution is 2.55. The average molecular weight is 460 g/mol. The Kier molecular flexibility index (Phi) is 6.34. The molecule has 0 unspecified atom stereocenters. The number of nitrogens with zero attached hydrogens (tertiary/aromatic N) is 1. The molecule has 0 atom stereocenters. The second-order valence-corrected chi connectivity index (χ2v) is 12.9. The molecule has 4 saturated carbocycles. The Bertz CT molecular complexity index is 874. The predicted molar refractivity (Wildman–Crippen MR) is 125 cm³/mol. The topological polar surface area (TPSA) is 78.5 Å². The second kappa shape index (κ2) is 9.07. The molecule has 4 aliphatic carbocycles. The third-order valence-electron chi connectivity index (χ3n) is 8.35. The van der Waals surface area contributed by atoms with Gasteiger partial charge < -0.3 is 10.6 Å². The lowest BCUT2D eigenvalue weighted by molar-refractivity contribution is -0.132. The summed E-state index contributed by atoms with van der Waals surface area (Å²) in [4.78, 5) is 13.1. The van der Waals surface area contributed by atoms with E-state index >= 15 is 0 Å². The van der Waals surface area contributed by atoms with Crippen molar-refractivity contribution < 1.29 is 13.2 Å². The first-order chi connectivity index (χ1) is 15.4. The molecule has 1 aliphatic heterocycles. The Labute approximate surface area is 192 Å². The Morgan fingerprint density at radius 3 is 2.16 bits per heavy atom. The molecule has 5 fully saturated rings. The normalized spacial score (nSPS) is 32.8. The third-order valence-corrected chi connectivity index (χ3v) is 10.2. The molecule has 176 valence electrons. The van der Waals surface area contributed by atoms with Gasteiger partial charge in [-0.3, -0.25) is 4.79 Å². The molecule has 1 saturated heterocycles. The lowest BCUT2D eigenvalue weighted by Gasteiger charge is -2.57. The molecule has 0 radical (unpaired) electrons. The van der Waals surface area contributed by atoms with Gasteiger partial charge in [0.05, 0.1) is 5.75 Å². The van der Waals surface area contributed by atoms with Gasteiger partial charge in [0.25, 0.3) is 0 Å². The Hall–Kier alpha value is -1.44. The van der Waals surface area contributed by atoms with Gasteiger partial charge in [-0.25, -0.2) is 12.7 Å². The minimum absolute atomic E-state index is 0.0411. The van der Waals surface area contributed by atoms with Gasteiger partial charge in [0, 0.05) is 37.6 Å². The highest BCUT2D eigenvalue weighted by Gasteiger charge is 2.52. The lowest BCUT2D eigenvalue weighted by atomic mass is 9.53. The average Bonchev–Trinajstić information content (AvgIpc) is 2.76. The van der Waals surface area contributed by atoms with Gasteiger partial charge in [0.15, 0.2) is 0 Å². The number of piperidine rings is 1. The number of hydrogen-bond acceptors (Lipinski definition) is 4. The van der Waals surface area contributed by atoms with Crippen LogP contribution in [0, 0.1) is 23.7 Å². The van der Waals surface area contributed by atoms with E-state index < -0.39 is 10.0 Å². The minimum atomic E-state index is -3.29. The second-order valence-electron chi connectivity index (χ2n) is 10.8. The maximum Gasteiger partial charge on any atom is 0.223 e. The number of carbonyl (C=O) groups excluding carboxylic acids is 1. The highest BCUT2D eigenvalue weighted by molar-refractivity contribution is 7.89. The van der Waals surface area contributed by atoms with E-state index in [1.165, 1.54) is 19.3 Å². The summed E-state index contributed by atoms with van der Waals surface area (Å²) in [6.45, 7) is 2.02. The summed E-state index contributed by atoms with van der Waals surface area (Å²) in [5.41, 5.74) is 1.19. The number of carbonyl (C=O) groups is 1. The van der Waals surface area contributed by atoms with Crippen LogP contribution in [0.5, 0.6) is 0 Å². The van der Waals surface area contributed by atoms with Crippen molar-refractivity contribution in [3.8, 4) is 0 Å². The van der Waals surface area contributed by atoms with E-state index in [0.29, 0.717) is 39.0 Å². The van der Waals surface area contributed by atoms with E-state index in [0.717, 1.165) is 42.6 Å². The van der Waals surface area contributed by atoms with E-state index in [-0.39, 0.29) is 23.1 Å². The zero-order chi connectivity index (χ0) is 22.2. The van der Waals surface area contributed by atoms with E-state index in [2.05, 4.69) is 10.6 Å². The van der Waals surface area contributed by atoms with Gasteiger partial charge in [-0.2, -0.15) is 0 Å². The maximum absolute atomic E-state index is 13.1. The molecule has 5 aliphatic rings. The number of hydrogen-bond donors (Lipinski definition) is 2. The Balaban J connectivity index is 1.07. The number of rotatable bonds is 8. The van der Waals surface area contributed by atoms with Crippen LogP contribution in [0.1, 0.15) is 56.9 Å². The lowest BCUT2D eigenvalue weighted by Crippen LogP contribution is -2.61. The molecule has 0 spiro atoms. The summed E-state index contributed by atoms with van der Waals surface area (Å²) in [5, 5.41) is 6.71. The molecule has 7 heteroatoms. The van der Waals surface area contributed by atoms with Crippen LogP contribution in [-0.4, -0.2) is 49.6 Å². The predicted octanol–water partition coefficient (Wildman–Crippen LogP) is 2.90. The zero-order valence-corrected chi connectivity index (χ0v) is 19.8. The van der Waals surface area contributed by atoms with Crippen LogP contribution in [0.15, 0.2) is 30.3 Å². The van der Waals surface area contributed by atoms with Crippen LogP contribution in [-0.2, 0) is 21.4 Å².